The van der Waals surface area contributed by atoms with Gasteiger partial charge >= 0.3 is 19.8 Å². The molecule has 276 valence electrons. The Morgan fingerprint density at radius 1 is 0.660 bits per heavy atom. The van der Waals surface area contributed by atoms with E-state index in [-0.39, 0.29) is 12.8 Å². The van der Waals surface area contributed by atoms with Crippen LogP contribution in [0.3, 0.4) is 0 Å². The maximum atomic E-state index is 12.2. The minimum atomic E-state index is -4.74. The van der Waals surface area contributed by atoms with Gasteiger partial charge in [-0.25, -0.2) is 9.36 Å². The minimum absolute atomic E-state index is 0.148. The van der Waals surface area contributed by atoms with Crippen LogP contribution in [0, 0.1) is 0 Å². The number of aliphatic carboxylic acids is 1. The molecule has 0 fully saturated rings. The number of nitrogens with one attached hydrogen (secondary N) is 1. The summed E-state index contributed by atoms with van der Waals surface area (Å²) in [5.74, 6) is -2.38. The van der Waals surface area contributed by atoms with Crippen LogP contribution in [-0.4, -0.2) is 64.9 Å². The van der Waals surface area contributed by atoms with Crippen LogP contribution < -0.4 is 5.32 Å². The van der Waals surface area contributed by atoms with E-state index in [1.807, 2.05) is 0 Å². The molecule has 0 aliphatic rings. The molecular weight excluding hydrogens is 625 g/mol. The number of amides is 1. The van der Waals surface area contributed by atoms with E-state index < -0.39 is 57.6 Å². The third-order valence-corrected chi connectivity index (χ3v) is 8.76. The van der Waals surface area contributed by atoms with Gasteiger partial charge in [0.15, 0.2) is 6.04 Å². The number of carboxylic acid groups (broad SMARTS) is 1. The number of carbonyl (C=O) groups is 3. The van der Waals surface area contributed by atoms with Crippen LogP contribution in [0.25, 0.3) is 0 Å². The maximum Gasteiger partial charge on any atom is 0.472 e. The number of rotatable bonds is 34. The Hall–Kier alpha value is -1.78. The second-order valence-electron chi connectivity index (χ2n) is 12.4. The lowest BCUT2D eigenvalue weighted by Gasteiger charge is -2.18. The Balaban J connectivity index is 3.97. The van der Waals surface area contributed by atoms with Crippen molar-refractivity contribution in [2.75, 3.05) is 19.8 Å². The first-order valence-electron chi connectivity index (χ1n) is 18.2. The number of esters is 1. The van der Waals surface area contributed by atoms with Crippen LogP contribution in [0.4, 0.5) is 0 Å². The highest BCUT2D eigenvalue weighted by atomic mass is 31.2. The Morgan fingerprint density at radius 3 is 1.62 bits per heavy atom. The number of hydrogen-bond donors (Lipinski definition) is 4. The molecule has 3 atom stereocenters. The van der Waals surface area contributed by atoms with Gasteiger partial charge in [-0.2, -0.15) is 0 Å². The van der Waals surface area contributed by atoms with Crippen molar-refractivity contribution in [3.05, 3.63) is 12.2 Å². The van der Waals surface area contributed by atoms with E-state index >= 15 is 0 Å². The normalized spacial score (nSPS) is 14.1. The molecule has 0 bridgehead atoms. The number of carboxylic acids is 1. The van der Waals surface area contributed by atoms with Crippen LogP contribution in [0.1, 0.15) is 162 Å². The summed E-state index contributed by atoms with van der Waals surface area (Å²) < 4.78 is 26.6. The summed E-state index contributed by atoms with van der Waals surface area (Å²) >= 11 is 0. The second-order valence-corrected chi connectivity index (χ2v) is 13.9. The molecule has 3 unspecified atom stereocenters. The van der Waals surface area contributed by atoms with Gasteiger partial charge in [0.2, 0.25) is 5.91 Å². The first kappa shape index (κ1) is 45.2. The molecule has 0 aliphatic heterocycles. The van der Waals surface area contributed by atoms with Crippen molar-refractivity contribution in [2.45, 2.75) is 174 Å². The maximum absolute atomic E-state index is 12.2. The molecule has 0 rings (SSSR count). The molecule has 0 spiro atoms. The van der Waals surface area contributed by atoms with Crippen LogP contribution >= 0.6 is 7.82 Å². The summed E-state index contributed by atoms with van der Waals surface area (Å²) in [6, 6.07) is -1.54. The van der Waals surface area contributed by atoms with E-state index in [2.05, 4.69) is 31.3 Å². The predicted octanol–water partition coefficient (Wildman–Crippen LogP) is 8.16. The molecule has 1 amide bonds. The number of aliphatic hydroxyl groups excluding tert-OH is 1. The number of ether oxygens (including phenoxy) is 1. The van der Waals surface area contributed by atoms with Gasteiger partial charge in [-0.05, 0) is 38.5 Å². The molecule has 0 aromatic rings. The molecule has 0 radical (unpaired) electrons. The average Bonchev–Trinajstić information content (AvgIpc) is 3.04. The number of carbonyl (C=O) groups excluding carboxylic acids is 2. The summed E-state index contributed by atoms with van der Waals surface area (Å²) in [6.45, 7) is 2.51. The van der Waals surface area contributed by atoms with E-state index in [1.165, 1.54) is 64.2 Å². The van der Waals surface area contributed by atoms with Crippen molar-refractivity contribution >= 4 is 25.7 Å². The summed E-state index contributed by atoms with van der Waals surface area (Å²) in [6.07, 6.45) is 26.9. The van der Waals surface area contributed by atoms with E-state index in [9.17, 15) is 34.1 Å². The SMILES string of the molecule is CCCCCCC/C=C\CCCCCCCC(=O)OCC(O)COP(=O)(O)OCC(NC(=O)CCCCCCCCCCC)C(=O)O. The summed E-state index contributed by atoms with van der Waals surface area (Å²) in [5, 5.41) is 21.6. The number of phosphoric ester groups is 1. The largest absolute Gasteiger partial charge is 0.480 e. The van der Waals surface area contributed by atoms with Gasteiger partial charge < -0.3 is 25.2 Å². The molecule has 0 aromatic carbocycles. The molecule has 0 saturated carbocycles. The van der Waals surface area contributed by atoms with Crippen molar-refractivity contribution in [1.29, 1.82) is 0 Å². The smallest absolute Gasteiger partial charge is 0.472 e. The number of unbranched alkanes of at least 4 members (excludes halogenated alkanes) is 18. The van der Waals surface area contributed by atoms with E-state index in [0.717, 1.165) is 57.8 Å². The summed E-state index contributed by atoms with van der Waals surface area (Å²) in [4.78, 5) is 45.5. The third kappa shape index (κ3) is 31.3. The van der Waals surface area contributed by atoms with Gasteiger partial charge in [-0.1, -0.05) is 122 Å². The van der Waals surface area contributed by atoms with Gasteiger partial charge in [0.05, 0.1) is 13.2 Å². The lowest BCUT2D eigenvalue weighted by molar-refractivity contribution is -0.147. The van der Waals surface area contributed by atoms with Gasteiger partial charge in [0, 0.05) is 12.8 Å². The van der Waals surface area contributed by atoms with Crippen molar-refractivity contribution in [3.63, 3.8) is 0 Å². The molecule has 0 aromatic heterocycles. The summed E-state index contributed by atoms with van der Waals surface area (Å²) in [5.41, 5.74) is 0. The third-order valence-electron chi connectivity index (χ3n) is 7.80. The summed E-state index contributed by atoms with van der Waals surface area (Å²) in [7, 11) is -4.74. The lowest BCUT2D eigenvalue weighted by Crippen LogP contribution is -2.43. The zero-order valence-electron chi connectivity index (χ0n) is 29.3. The number of hydrogen-bond acceptors (Lipinski definition) is 8. The molecule has 0 heterocycles. The quantitative estimate of drug-likeness (QED) is 0.0224. The first-order valence-corrected chi connectivity index (χ1v) is 19.7. The second kappa shape index (κ2) is 31.5. The van der Waals surface area contributed by atoms with Gasteiger partial charge in [0.25, 0.3) is 0 Å². The molecule has 11 nitrogen and oxygen atoms in total. The molecule has 0 saturated heterocycles. The Morgan fingerprint density at radius 2 is 1.11 bits per heavy atom. The van der Waals surface area contributed by atoms with E-state index in [4.69, 9.17) is 13.8 Å². The Labute approximate surface area is 284 Å². The van der Waals surface area contributed by atoms with Crippen molar-refractivity contribution in [2.24, 2.45) is 0 Å². The van der Waals surface area contributed by atoms with Crippen molar-refractivity contribution < 1.29 is 47.8 Å². The fourth-order valence-corrected chi connectivity index (χ4v) is 5.67. The van der Waals surface area contributed by atoms with Gasteiger partial charge in [-0.3, -0.25) is 18.6 Å². The van der Waals surface area contributed by atoms with Gasteiger partial charge in [-0.15, -0.1) is 0 Å². The Kier molecular flexibility index (Phi) is 30.3. The molecule has 47 heavy (non-hydrogen) atoms. The van der Waals surface area contributed by atoms with Crippen LogP contribution in [-0.2, 0) is 32.7 Å². The van der Waals surface area contributed by atoms with Gasteiger partial charge in [0.1, 0.15) is 12.7 Å². The first-order chi connectivity index (χ1) is 22.6. The van der Waals surface area contributed by atoms with E-state index in [0.29, 0.717) is 12.8 Å². The topological polar surface area (TPSA) is 169 Å². The van der Waals surface area contributed by atoms with Crippen LogP contribution in [0.5, 0.6) is 0 Å². The van der Waals surface area contributed by atoms with Crippen molar-refractivity contribution in [3.8, 4) is 0 Å². The predicted molar refractivity (Wildman–Crippen MR) is 185 cm³/mol. The molecule has 4 N–H and O–H groups in total. The highest BCUT2D eigenvalue weighted by molar-refractivity contribution is 7.47. The monoisotopic (exact) mass is 691 g/mol. The zero-order valence-corrected chi connectivity index (χ0v) is 30.2. The molecule has 0 aliphatic carbocycles. The molecular formula is C35H66NO10P. The van der Waals surface area contributed by atoms with Crippen LogP contribution in [0.15, 0.2) is 12.2 Å². The Bertz CT molecular complexity index is 869. The minimum Gasteiger partial charge on any atom is -0.480 e. The molecule has 12 heteroatoms. The average molecular weight is 692 g/mol. The standard InChI is InChI=1S/C35H66NO10P/c1-3-5-7-9-11-13-14-15-16-17-19-21-23-25-27-34(39)44-28-31(37)29-45-47(42,43)46-30-32(35(40)41)36-33(38)26-24-22-20-18-12-10-8-6-4-2/h14-15,31-32,37H,3-13,16-30H2,1-2H3,(H,36,38)(H,40,41)(H,42,43)/b15-14-. The highest BCUT2D eigenvalue weighted by Crippen LogP contribution is 2.43. The highest BCUT2D eigenvalue weighted by Gasteiger charge is 2.28. The number of aliphatic hydroxyl groups is 1. The lowest BCUT2D eigenvalue weighted by atomic mass is 10.1. The number of allylic oxidation sites excluding steroid dienone is 2. The van der Waals surface area contributed by atoms with Crippen molar-refractivity contribution in [1.82, 2.24) is 5.32 Å². The zero-order chi connectivity index (χ0) is 35.0. The fraction of sp³-hybridized carbons (Fsp3) is 0.857. The number of phosphoric acid groups is 1. The fourth-order valence-electron chi connectivity index (χ4n) is 4.90. The van der Waals surface area contributed by atoms with Crippen LogP contribution in [0.2, 0.25) is 0 Å². The van der Waals surface area contributed by atoms with E-state index in [1.54, 1.807) is 0 Å².